The van der Waals surface area contributed by atoms with E-state index in [1.807, 2.05) is 30.3 Å². The van der Waals surface area contributed by atoms with Gasteiger partial charge in [0.15, 0.2) is 0 Å². The number of rotatable bonds is 7. The fourth-order valence-corrected chi connectivity index (χ4v) is 3.84. The lowest BCUT2D eigenvalue weighted by atomic mass is 9.97. The third-order valence-electron chi connectivity index (χ3n) is 5.51. The molecule has 2 amide bonds. The minimum absolute atomic E-state index is 0.0153. The molecule has 29 heavy (non-hydrogen) atoms. The van der Waals surface area contributed by atoms with Gasteiger partial charge in [-0.2, -0.15) is 0 Å². The summed E-state index contributed by atoms with van der Waals surface area (Å²) in [5.74, 6) is -0.0373. The lowest BCUT2D eigenvalue weighted by Gasteiger charge is -2.32. The van der Waals surface area contributed by atoms with Crippen molar-refractivity contribution in [2.75, 3.05) is 25.0 Å². The van der Waals surface area contributed by atoms with Crippen molar-refractivity contribution in [1.29, 1.82) is 0 Å². The molecule has 0 saturated carbocycles. The SMILES string of the molecule is CC[C@@H](NC(=O)CN1CCC[C@H](C(=O)Nc2ccccc2)C1)c1ccc(C)cc1. The molecule has 1 aliphatic heterocycles. The van der Waals surface area contributed by atoms with Crippen LogP contribution in [0.3, 0.4) is 0 Å². The monoisotopic (exact) mass is 393 g/mol. The maximum Gasteiger partial charge on any atom is 0.234 e. The predicted molar refractivity (Wildman–Crippen MR) is 117 cm³/mol. The number of para-hydroxylation sites is 1. The summed E-state index contributed by atoms with van der Waals surface area (Å²) in [4.78, 5) is 27.3. The van der Waals surface area contributed by atoms with Gasteiger partial charge in [0.25, 0.3) is 0 Å². The second-order valence-corrected chi connectivity index (χ2v) is 7.87. The van der Waals surface area contributed by atoms with Crippen molar-refractivity contribution in [1.82, 2.24) is 10.2 Å². The zero-order valence-electron chi connectivity index (χ0n) is 17.4. The maximum atomic E-state index is 12.6. The van der Waals surface area contributed by atoms with Crippen molar-refractivity contribution in [3.8, 4) is 0 Å². The number of hydrogen-bond donors (Lipinski definition) is 2. The number of likely N-dealkylation sites (tertiary alicyclic amines) is 1. The van der Waals surface area contributed by atoms with Crippen molar-refractivity contribution < 1.29 is 9.59 Å². The van der Waals surface area contributed by atoms with E-state index in [2.05, 4.69) is 53.6 Å². The maximum absolute atomic E-state index is 12.6. The Labute approximate surface area is 173 Å². The average Bonchev–Trinajstić information content (AvgIpc) is 2.73. The first-order valence-electron chi connectivity index (χ1n) is 10.5. The summed E-state index contributed by atoms with van der Waals surface area (Å²) in [6, 6.07) is 17.8. The summed E-state index contributed by atoms with van der Waals surface area (Å²) in [6.07, 6.45) is 2.63. The number of amides is 2. The van der Waals surface area contributed by atoms with Crippen LogP contribution in [0.1, 0.15) is 43.4 Å². The van der Waals surface area contributed by atoms with E-state index in [-0.39, 0.29) is 23.8 Å². The number of nitrogens with one attached hydrogen (secondary N) is 2. The molecule has 154 valence electrons. The molecule has 2 atom stereocenters. The van der Waals surface area contributed by atoms with Gasteiger partial charge in [0.05, 0.1) is 18.5 Å². The first-order valence-corrected chi connectivity index (χ1v) is 10.5. The van der Waals surface area contributed by atoms with Crippen LogP contribution in [-0.2, 0) is 9.59 Å². The lowest BCUT2D eigenvalue weighted by Crippen LogP contribution is -2.45. The third-order valence-corrected chi connectivity index (χ3v) is 5.51. The largest absolute Gasteiger partial charge is 0.348 e. The molecule has 2 N–H and O–H groups in total. The predicted octanol–water partition coefficient (Wildman–Crippen LogP) is 3.91. The van der Waals surface area contributed by atoms with Gasteiger partial charge in [-0.1, -0.05) is 55.0 Å². The molecule has 1 aliphatic rings. The van der Waals surface area contributed by atoms with E-state index in [0.29, 0.717) is 13.1 Å². The number of anilines is 1. The number of piperidine rings is 1. The lowest BCUT2D eigenvalue weighted by molar-refractivity contribution is -0.126. The highest BCUT2D eigenvalue weighted by Gasteiger charge is 2.27. The van der Waals surface area contributed by atoms with Crippen molar-refractivity contribution in [3.63, 3.8) is 0 Å². The van der Waals surface area contributed by atoms with Gasteiger partial charge in [-0.05, 0) is 50.4 Å². The Bertz CT molecular complexity index is 805. The second kappa shape index (κ2) is 10.2. The van der Waals surface area contributed by atoms with Crippen LogP contribution in [0, 0.1) is 12.8 Å². The van der Waals surface area contributed by atoms with Gasteiger partial charge in [-0.15, -0.1) is 0 Å². The summed E-state index contributed by atoms with van der Waals surface area (Å²) >= 11 is 0. The second-order valence-electron chi connectivity index (χ2n) is 7.87. The van der Waals surface area contributed by atoms with Crippen LogP contribution in [0.2, 0.25) is 0 Å². The van der Waals surface area contributed by atoms with E-state index in [4.69, 9.17) is 0 Å². The molecule has 0 spiro atoms. The van der Waals surface area contributed by atoms with E-state index in [9.17, 15) is 9.59 Å². The molecule has 2 aromatic rings. The summed E-state index contributed by atoms with van der Waals surface area (Å²) in [7, 11) is 0. The fourth-order valence-electron chi connectivity index (χ4n) is 3.84. The van der Waals surface area contributed by atoms with Gasteiger partial charge in [0.2, 0.25) is 11.8 Å². The summed E-state index contributed by atoms with van der Waals surface area (Å²) in [6.45, 7) is 5.94. The van der Waals surface area contributed by atoms with Crippen molar-refractivity contribution in [2.45, 2.75) is 39.2 Å². The third kappa shape index (κ3) is 6.16. The number of carbonyl (C=O) groups excluding carboxylic acids is 2. The van der Waals surface area contributed by atoms with E-state index in [0.717, 1.165) is 37.1 Å². The molecule has 3 rings (SSSR count). The van der Waals surface area contributed by atoms with Gasteiger partial charge >= 0.3 is 0 Å². The first-order chi connectivity index (χ1) is 14.0. The molecule has 0 bridgehead atoms. The van der Waals surface area contributed by atoms with Crippen LogP contribution in [0.25, 0.3) is 0 Å². The van der Waals surface area contributed by atoms with Crippen LogP contribution in [0.5, 0.6) is 0 Å². The zero-order valence-corrected chi connectivity index (χ0v) is 17.4. The zero-order chi connectivity index (χ0) is 20.6. The minimum atomic E-state index is -0.0872. The number of nitrogens with zero attached hydrogens (tertiary/aromatic N) is 1. The quantitative estimate of drug-likeness (QED) is 0.750. The smallest absolute Gasteiger partial charge is 0.234 e. The molecule has 5 nitrogen and oxygen atoms in total. The fraction of sp³-hybridized carbons (Fsp3) is 0.417. The van der Waals surface area contributed by atoms with Crippen LogP contribution in [0.15, 0.2) is 54.6 Å². The Morgan fingerprint density at radius 3 is 2.52 bits per heavy atom. The molecule has 0 aromatic heterocycles. The summed E-state index contributed by atoms with van der Waals surface area (Å²) in [5, 5.41) is 6.14. The molecular weight excluding hydrogens is 362 g/mol. The van der Waals surface area contributed by atoms with E-state index < -0.39 is 0 Å². The molecular formula is C24H31N3O2. The van der Waals surface area contributed by atoms with Crippen LogP contribution < -0.4 is 10.6 Å². The van der Waals surface area contributed by atoms with Crippen LogP contribution in [-0.4, -0.2) is 36.3 Å². The van der Waals surface area contributed by atoms with Crippen molar-refractivity contribution >= 4 is 17.5 Å². The summed E-state index contributed by atoms with van der Waals surface area (Å²) in [5.41, 5.74) is 3.16. The van der Waals surface area contributed by atoms with Gasteiger partial charge in [0.1, 0.15) is 0 Å². The topological polar surface area (TPSA) is 61.4 Å². The van der Waals surface area contributed by atoms with E-state index in [1.165, 1.54) is 5.56 Å². The Morgan fingerprint density at radius 2 is 1.83 bits per heavy atom. The van der Waals surface area contributed by atoms with Crippen LogP contribution in [0.4, 0.5) is 5.69 Å². The molecule has 0 radical (unpaired) electrons. The Morgan fingerprint density at radius 1 is 1.10 bits per heavy atom. The van der Waals surface area contributed by atoms with Gasteiger partial charge in [-0.3, -0.25) is 14.5 Å². The van der Waals surface area contributed by atoms with Gasteiger partial charge in [0, 0.05) is 12.2 Å². The Balaban J connectivity index is 1.51. The van der Waals surface area contributed by atoms with Gasteiger partial charge < -0.3 is 10.6 Å². The molecule has 1 fully saturated rings. The van der Waals surface area contributed by atoms with E-state index >= 15 is 0 Å². The first kappa shape index (κ1) is 21.1. The molecule has 0 unspecified atom stereocenters. The van der Waals surface area contributed by atoms with Gasteiger partial charge in [-0.25, -0.2) is 0 Å². The molecule has 5 heteroatoms. The standard InChI is InChI=1S/C24H31N3O2/c1-3-22(19-13-11-18(2)12-14-19)26-23(28)17-27-15-7-8-20(16-27)24(29)25-21-9-5-4-6-10-21/h4-6,9-14,20,22H,3,7-8,15-17H2,1-2H3,(H,25,29)(H,26,28)/t20-,22+/m0/s1. The Kier molecular flexibility index (Phi) is 7.42. The highest BCUT2D eigenvalue weighted by molar-refractivity contribution is 5.92. The van der Waals surface area contributed by atoms with Crippen molar-refractivity contribution in [2.24, 2.45) is 5.92 Å². The van der Waals surface area contributed by atoms with Crippen LogP contribution >= 0.6 is 0 Å². The number of benzene rings is 2. The molecule has 0 aliphatic carbocycles. The number of hydrogen-bond acceptors (Lipinski definition) is 3. The van der Waals surface area contributed by atoms with E-state index in [1.54, 1.807) is 0 Å². The number of aryl methyl sites for hydroxylation is 1. The molecule has 2 aromatic carbocycles. The normalized spacial score (nSPS) is 18.1. The highest BCUT2D eigenvalue weighted by atomic mass is 16.2. The molecule has 1 saturated heterocycles. The Hall–Kier alpha value is -2.66. The number of carbonyl (C=O) groups is 2. The molecule has 1 heterocycles. The average molecular weight is 394 g/mol. The minimum Gasteiger partial charge on any atom is -0.348 e. The highest BCUT2D eigenvalue weighted by Crippen LogP contribution is 2.20. The summed E-state index contributed by atoms with van der Waals surface area (Å²) < 4.78 is 0. The van der Waals surface area contributed by atoms with Crippen molar-refractivity contribution in [3.05, 3.63) is 65.7 Å².